The summed E-state index contributed by atoms with van der Waals surface area (Å²) in [7, 11) is 0. The number of hydrogen-bond acceptors (Lipinski definition) is 5. The quantitative estimate of drug-likeness (QED) is 0.321. The lowest BCUT2D eigenvalue weighted by molar-refractivity contribution is 0.344. The molecule has 2 heterocycles. The van der Waals surface area contributed by atoms with Gasteiger partial charge in [-0.25, -0.2) is 4.39 Å². The van der Waals surface area contributed by atoms with Crippen LogP contribution in [0.25, 0.3) is 17.1 Å². The van der Waals surface area contributed by atoms with Crippen molar-refractivity contribution < 1.29 is 9.13 Å². The molecule has 29 heavy (non-hydrogen) atoms. The van der Waals surface area contributed by atoms with Crippen molar-refractivity contribution in [1.82, 2.24) is 19.7 Å². The van der Waals surface area contributed by atoms with Crippen LogP contribution in [0.3, 0.4) is 0 Å². The lowest BCUT2D eigenvalue weighted by atomic mass is 10.2. The highest BCUT2D eigenvalue weighted by atomic mass is 32.2. The van der Waals surface area contributed by atoms with Crippen molar-refractivity contribution in [3.05, 3.63) is 84.4 Å². The Bertz CT molecular complexity index is 1080. The number of thioether (sulfide) groups is 1. The number of ether oxygens (including phenoxy) is 1. The number of para-hydroxylation sites is 1. The van der Waals surface area contributed by atoms with E-state index in [4.69, 9.17) is 4.74 Å². The molecule has 2 aromatic carbocycles. The second kappa shape index (κ2) is 8.87. The van der Waals surface area contributed by atoms with Gasteiger partial charge < -0.3 is 4.74 Å². The highest BCUT2D eigenvalue weighted by molar-refractivity contribution is 7.99. The summed E-state index contributed by atoms with van der Waals surface area (Å²) in [5.74, 6) is 1.68. The van der Waals surface area contributed by atoms with E-state index in [-0.39, 0.29) is 5.82 Å². The van der Waals surface area contributed by atoms with E-state index in [2.05, 4.69) is 15.2 Å². The minimum Gasteiger partial charge on any atom is -0.493 e. The molecule has 0 atom stereocenters. The molecule has 4 aromatic rings. The zero-order valence-corrected chi connectivity index (χ0v) is 16.6. The normalized spacial score (nSPS) is 10.8. The van der Waals surface area contributed by atoms with Gasteiger partial charge in [-0.05, 0) is 43.3 Å². The van der Waals surface area contributed by atoms with Crippen molar-refractivity contribution >= 4 is 11.8 Å². The lowest BCUT2D eigenvalue weighted by Gasteiger charge is -2.11. The molecule has 146 valence electrons. The molecule has 0 aliphatic rings. The van der Waals surface area contributed by atoms with E-state index in [1.807, 2.05) is 43.3 Å². The number of pyridine rings is 1. The van der Waals surface area contributed by atoms with Crippen molar-refractivity contribution in [3.8, 4) is 22.8 Å². The second-order valence-electron chi connectivity index (χ2n) is 6.34. The summed E-state index contributed by atoms with van der Waals surface area (Å²) in [6, 6.07) is 18.2. The van der Waals surface area contributed by atoms with Crippen LogP contribution in [0.2, 0.25) is 0 Å². The van der Waals surface area contributed by atoms with E-state index in [0.29, 0.717) is 29.0 Å². The van der Waals surface area contributed by atoms with Crippen LogP contribution >= 0.6 is 11.8 Å². The van der Waals surface area contributed by atoms with Crippen LogP contribution in [0, 0.1) is 12.7 Å². The fourth-order valence-corrected chi connectivity index (χ4v) is 3.58. The minimum absolute atomic E-state index is 0.338. The molecule has 5 nitrogen and oxygen atoms in total. The molecule has 7 heteroatoms. The number of hydrogen-bond donors (Lipinski definition) is 0. The standard InChI is InChI=1S/C22H19FN4OS/c1-16-8-10-18(11-9-16)28-13-14-29-22-26-25-21(17-5-4-12-24-15-17)27(22)20-7-3-2-6-19(20)23/h2-12,15H,13-14H2,1H3. The number of rotatable bonds is 7. The number of aryl methyl sites for hydroxylation is 1. The maximum Gasteiger partial charge on any atom is 0.196 e. The van der Waals surface area contributed by atoms with Gasteiger partial charge in [-0.2, -0.15) is 0 Å². The highest BCUT2D eigenvalue weighted by Crippen LogP contribution is 2.28. The zero-order valence-electron chi connectivity index (χ0n) is 15.8. The Hall–Kier alpha value is -3.19. The monoisotopic (exact) mass is 406 g/mol. The van der Waals surface area contributed by atoms with E-state index >= 15 is 0 Å². The average molecular weight is 406 g/mol. The fourth-order valence-electron chi connectivity index (χ4n) is 2.82. The number of halogens is 1. The molecule has 0 aliphatic heterocycles. The van der Waals surface area contributed by atoms with Crippen LogP contribution in [0.1, 0.15) is 5.56 Å². The largest absolute Gasteiger partial charge is 0.493 e. The summed E-state index contributed by atoms with van der Waals surface area (Å²) in [6.07, 6.45) is 3.38. The zero-order chi connectivity index (χ0) is 20.1. The summed E-state index contributed by atoms with van der Waals surface area (Å²) in [5, 5.41) is 9.19. The molecule has 0 spiro atoms. The number of benzene rings is 2. The maximum atomic E-state index is 14.5. The van der Waals surface area contributed by atoms with Crippen molar-refractivity contribution in [1.29, 1.82) is 0 Å². The summed E-state index contributed by atoms with van der Waals surface area (Å²) in [5.41, 5.74) is 2.36. The Kier molecular flexibility index (Phi) is 5.86. The molecule has 0 amide bonds. The second-order valence-corrected chi connectivity index (χ2v) is 7.41. The van der Waals surface area contributed by atoms with Gasteiger partial charge in [-0.3, -0.25) is 9.55 Å². The summed E-state index contributed by atoms with van der Waals surface area (Å²) < 4.78 is 22.1. The first-order valence-electron chi connectivity index (χ1n) is 9.15. The Morgan fingerprint density at radius 3 is 2.59 bits per heavy atom. The molecule has 4 rings (SSSR count). The predicted octanol–water partition coefficient (Wildman–Crippen LogP) is 4.95. The summed E-state index contributed by atoms with van der Waals surface area (Å²) in [4.78, 5) is 4.14. The van der Waals surface area contributed by atoms with Gasteiger partial charge in [-0.1, -0.05) is 41.6 Å². The Balaban J connectivity index is 1.56. The average Bonchev–Trinajstić information content (AvgIpc) is 3.17. The van der Waals surface area contributed by atoms with Crippen LogP contribution in [0.4, 0.5) is 4.39 Å². The topological polar surface area (TPSA) is 52.8 Å². The van der Waals surface area contributed by atoms with Crippen LogP contribution in [-0.4, -0.2) is 32.1 Å². The molecule has 0 saturated carbocycles. The third-order valence-electron chi connectivity index (χ3n) is 4.25. The SMILES string of the molecule is Cc1ccc(OCCSc2nnc(-c3cccnc3)n2-c2ccccc2F)cc1. The van der Waals surface area contributed by atoms with Crippen LogP contribution in [0.5, 0.6) is 5.75 Å². The summed E-state index contributed by atoms with van der Waals surface area (Å²) >= 11 is 1.47. The molecule has 0 aliphatic carbocycles. The van der Waals surface area contributed by atoms with Crippen molar-refractivity contribution in [2.24, 2.45) is 0 Å². The Labute approximate surface area is 172 Å². The van der Waals surface area contributed by atoms with E-state index in [9.17, 15) is 4.39 Å². The van der Waals surface area contributed by atoms with Crippen molar-refractivity contribution in [3.63, 3.8) is 0 Å². The van der Waals surface area contributed by atoms with Gasteiger partial charge in [0.1, 0.15) is 11.6 Å². The van der Waals surface area contributed by atoms with E-state index in [1.165, 1.54) is 23.4 Å². The molecule has 0 unspecified atom stereocenters. The first kappa shape index (κ1) is 19.1. The third-order valence-corrected chi connectivity index (χ3v) is 5.14. The van der Waals surface area contributed by atoms with Crippen LogP contribution in [0.15, 0.2) is 78.2 Å². The molecule has 0 fully saturated rings. The molecule has 0 N–H and O–H groups in total. The minimum atomic E-state index is -0.338. The van der Waals surface area contributed by atoms with Crippen LogP contribution in [-0.2, 0) is 0 Å². The Morgan fingerprint density at radius 2 is 1.83 bits per heavy atom. The smallest absolute Gasteiger partial charge is 0.196 e. The van der Waals surface area contributed by atoms with E-state index in [1.54, 1.807) is 35.2 Å². The summed E-state index contributed by atoms with van der Waals surface area (Å²) in [6.45, 7) is 2.54. The molecule has 2 aromatic heterocycles. The van der Waals surface area contributed by atoms with Crippen molar-refractivity contribution in [2.45, 2.75) is 12.1 Å². The fraction of sp³-hybridized carbons (Fsp3) is 0.136. The molecule has 0 saturated heterocycles. The van der Waals surface area contributed by atoms with Crippen molar-refractivity contribution in [2.75, 3.05) is 12.4 Å². The van der Waals surface area contributed by atoms with Crippen LogP contribution < -0.4 is 4.74 Å². The first-order chi connectivity index (χ1) is 14.2. The van der Waals surface area contributed by atoms with Gasteiger partial charge >= 0.3 is 0 Å². The molecule has 0 bridgehead atoms. The van der Waals surface area contributed by atoms with E-state index < -0.39 is 0 Å². The number of aromatic nitrogens is 4. The van der Waals surface area contributed by atoms with Gasteiger partial charge in [0.05, 0.1) is 12.3 Å². The lowest BCUT2D eigenvalue weighted by Crippen LogP contribution is -2.05. The van der Waals surface area contributed by atoms with Gasteiger partial charge in [0, 0.05) is 23.7 Å². The molecular weight excluding hydrogens is 387 g/mol. The Morgan fingerprint density at radius 1 is 1.00 bits per heavy atom. The highest BCUT2D eigenvalue weighted by Gasteiger charge is 2.18. The molecular formula is C22H19FN4OS. The van der Waals surface area contributed by atoms with Gasteiger partial charge in [-0.15, -0.1) is 10.2 Å². The molecule has 0 radical (unpaired) electrons. The van der Waals surface area contributed by atoms with Gasteiger partial charge in [0.2, 0.25) is 0 Å². The first-order valence-corrected chi connectivity index (χ1v) is 10.1. The predicted molar refractivity (Wildman–Crippen MR) is 112 cm³/mol. The van der Waals surface area contributed by atoms with Gasteiger partial charge in [0.15, 0.2) is 11.0 Å². The van der Waals surface area contributed by atoms with Gasteiger partial charge in [0.25, 0.3) is 0 Å². The number of nitrogens with zero attached hydrogens (tertiary/aromatic N) is 4. The third kappa shape index (κ3) is 4.46. The maximum absolute atomic E-state index is 14.5. The van der Waals surface area contributed by atoms with E-state index in [0.717, 1.165) is 11.3 Å².